The summed E-state index contributed by atoms with van der Waals surface area (Å²) in [6, 6.07) is 0. The predicted molar refractivity (Wildman–Crippen MR) is 60.9 cm³/mol. The van der Waals surface area contributed by atoms with Gasteiger partial charge >= 0.3 is 0 Å². The molecule has 0 aliphatic heterocycles. The van der Waals surface area contributed by atoms with Crippen molar-refractivity contribution in [3.05, 3.63) is 11.4 Å². The van der Waals surface area contributed by atoms with E-state index in [-0.39, 0.29) is 6.10 Å². The summed E-state index contributed by atoms with van der Waals surface area (Å²) in [5.74, 6) is 0.798. The van der Waals surface area contributed by atoms with Gasteiger partial charge in [0.2, 0.25) is 0 Å². The van der Waals surface area contributed by atoms with Crippen LogP contribution in [0.15, 0.2) is 0 Å². The van der Waals surface area contributed by atoms with Crippen LogP contribution < -0.4 is 5.32 Å². The molecule has 0 bridgehead atoms. The monoisotopic (exact) mass is 224 g/mol. The van der Waals surface area contributed by atoms with E-state index in [1.165, 1.54) is 12.8 Å². The predicted octanol–water partition coefficient (Wildman–Crippen LogP) is 1.11. The highest BCUT2D eigenvalue weighted by Gasteiger charge is 2.26. The van der Waals surface area contributed by atoms with Gasteiger partial charge in [0.15, 0.2) is 0 Å². The standard InChI is InChI=1S/C11H20N4O/c1-8(16-3)11-10(6-12-2)13-14-15(11)7-9-4-5-9/h8-9,12H,4-7H2,1-3H3. The Morgan fingerprint density at radius 3 is 2.88 bits per heavy atom. The zero-order valence-corrected chi connectivity index (χ0v) is 10.2. The van der Waals surface area contributed by atoms with E-state index in [1.807, 2.05) is 18.7 Å². The summed E-state index contributed by atoms with van der Waals surface area (Å²) in [5.41, 5.74) is 2.11. The summed E-state index contributed by atoms with van der Waals surface area (Å²) in [6.45, 7) is 3.77. The van der Waals surface area contributed by atoms with Gasteiger partial charge in [0, 0.05) is 20.2 Å². The molecule has 1 fully saturated rings. The van der Waals surface area contributed by atoms with Crippen LogP contribution in [0.3, 0.4) is 0 Å². The summed E-state index contributed by atoms with van der Waals surface area (Å²) >= 11 is 0. The van der Waals surface area contributed by atoms with Gasteiger partial charge in [-0.1, -0.05) is 5.21 Å². The Hall–Kier alpha value is -0.940. The highest BCUT2D eigenvalue weighted by atomic mass is 16.5. The van der Waals surface area contributed by atoms with E-state index < -0.39 is 0 Å². The van der Waals surface area contributed by atoms with Gasteiger partial charge in [0.1, 0.15) is 5.69 Å². The third kappa shape index (κ3) is 2.41. The third-order valence-corrected chi connectivity index (χ3v) is 3.06. The van der Waals surface area contributed by atoms with Crippen molar-refractivity contribution in [2.45, 2.75) is 39.0 Å². The molecule has 1 saturated carbocycles. The third-order valence-electron chi connectivity index (χ3n) is 3.06. The normalized spacial score (nSPS) is 17.7. The minimum atomic E-state index is 0.0529. The number of nitrogens with zero attached hydrogens (tertiary/aromatic N) is 3. The average molecular weight is 224 g/mol. The largest absolute Gasteiger partial charge is 0.375 e. The molecule has 0 aromatic carbocycles. The van der Waals surface area contributed by atoms with Gasteiger partial charge in [-0.2, -0.15) is 0 Å². The number of ether oxygens (including phenoxy) is 1. The average Bonchev–Trinajstić information content (AvgIpc) is 3.00. The van der Waals surface area contributed by atoms with Gasteiger partial charge in [-0.15, -0.1) is 5.10 Å². The summed E-state index contributed by atoms with van der Waals surface area (Å²) < 4.78 is 7.41. The molecule has 1 aromatic rings. The Balaban J connectivity index is 2.20. The van der Waals surface area contributed by atoms with Crippen molar-refractivity contribution in [3.63, 3.8) is 0 Å². The number of methoxy groups -OCH3 is 1. The summed E-state index contributed by atoms with van der Waals surface area (Å²) in [4.78, 5) is 0. The van der Waals surface area contributed by atoms with E-state index >= 15 is 0 Å². The SMILES string of the molecule is CNCc1nnn(CC2CC2)c1C(C)OC. The Kier molecular flexibility index (Phi) is 3.56. The molecule has 1 aromatic heterocycles. The molecule has 0 radical (unpaired) electrons. The number of hydrogen-bond acceptors (Lipinski definition) is 4. The lowest BCUT2D eigenvalue weighted by atomic mass is 10.2. The number of aromatic nitrogens is 3. The minimum absolute atomic E-state index is 0.0529. The van der Waals surface area contributed by atoms with Crippen molar-refractivity contribution in [1.29, 1.82) is 0 Å². The Labute approximate surface area is 96.2 Å². The van der Waals surface area contributed by atoms with Crippen LogP contribution in [-0.4, -0.2) is 29.2 Å². The van der Waals surface area contributed by atoms with Crippen LogP contribution >= 0.6 is 0 Å². The smallest absolute Gasteiger partial charge is 0.102 e. The molecule has 16 heavy (non-hydrogen) atoms. The van der Waals surface area contributed by atoms with Crippen molar-refractivity contribution in [1.82, 2.24) is 20.3 Å². The molecule has 1 heterocycles. The van der Waals surface area contributed by atoms with Gasteiger partial charge in [-0.05, 0) is 32.7 Å². The lowest BCUT2D eigenvalue weighted by Crippen LogP contribution is -2.14. The van der Waals surface area contributed by atoms with Crippen molar-refractivity contribution in [2.24, 2.45) is 5.92 Å². The van der Waals surface area contributed by atoms with Crippen molar-refractivity contribution >= 4 is 0 Å². The molecule has 1 unspecified atom stereocenters. The van der Waals surface area contributed by atoms with Crippen LogP contribution in [0.1, 0.15) is 37.3 Å². The van der Waals surface area contributed by atoms with Crippen LogP contribution in [0.5, 0.6) is 0 Å². The highest BCUT2D eigenvalue weighted by Crippen LogP contribution is 2.32. The van der Waals surface area contributed by atoms with E-state index in [2.05, 4.69) is 15.6 Å². The second kappa shape index (κ2) is 4.93. The number of rotatable bonds is 6. The van der Waals surface area contributed by atoms with Gasteiger partial charge in [0.25, 0.3) is 0 Å². The highest BCUT2D eigenvalue weighted by molar-refractivity contribution is 5.13. The molecule has 1 aliphatic rings. The number of hydrogen-bond donors (Lipinski definition) is 1. The van der Waals surface area contributed by atoms with Crippen LogP contribution in [0, 0.1) is 5.92 Å². The van der Waals surface area contributed by atoms with E-state index in [0.29, 0.717) is 0 Å². The summed E-state index contributed by atoms with van der Waals surface area (Å²) in [7, 11) is 3.64. The molecule has 5 nitrogen and oxygen atoms in total. The first-order valence-electron chi connectivity index (χ1n) is 5.86. The molecule has 2 rings (SSSR count). The molecule has 1 aliphatic carbocycles. The molecule has 0 amide bonds. The van der Waals surface area contributed by atoms with Crippen LogP contribution in [0.25, 0.3) is 0 Å². The van der Waals surface area contributed by atoms with Crippen molar-refractivity contribution in [2.75, 3.05) is 14.2 Å². The fourth-order valence-electron chi connectivity index (χ4n) is 1.89. The Morgan fingerprint density at radius 1 is 1.56 bits per heavy atom. The zero-order valence-electron chi connectivity index (χ0n) is 10.2. The molecular weight excluding hydrogens is 204 g/mol. The summed E-state index contributed by atoms with van der Waals surface area (Å²) in [5, 5.41) is 11.6. The lowest BCUT2D eigenvalue weighted by Gasteiger charge is -2.13. The van der Waals surface area contributed by atoms with Gasteiger partial charge in [0.05, 0.1) is 11.8 Å². The van der Waals surface area contributed by atoms with Crippen molar-refractivity contribution in [3.8, 4) is 0 Å². The van der Waals surface area contributed by atoms with Gasteiger partial charge in [-0.3, -0.25) is 0 Å². The fourth-order valence-corrected chi connectivity index (χ4v) is 1.89. The molecule has 0 spiro atoms. The fraction of sp³-hybridized carbons (Fsp3) is 0.818. The van der Waals surface area contributed by atoms with E-state index in [9.17, 15) is 0 Å². The molecule has 1 N–H and O–H groups in total. The van der Waals surface area contributed by atoms with Crippen molar-refractivity contribution < 1.29 is 4.74 Å². The first-order chi connectivity index (χ1) is 7.76. The molecule has 0 saturated heterocycles. The minimum Gasteiger partial charge on any atom is -0.375 e. The topological polar surface area (TPSA) is 52.0 Å². The molecule has 5 heteroatoms. The second-order valence-corrected chi connectivity index (χ2v) is 4.46. The lowest BCUT2D eigenvalue weighted by molar-refractivity contribution is 0.110. The van der Waals surface area contributed by atoms with Gasteiger partial charge < -0.3 is 10.1 Å². The first kappa shape index (κ1) is 11.5. The van der Waals surface area contributed by atoms with E-state index in [1.54, 1.807) is 7.11 Å². The number of nitrogens with one attached hydrogen (secondary N) is 1. The zero-order chi connectivity index (χ0) is 11.5. The maximum absolute atomic E-state index is 5.40. The molecule has 90 valence electrons. The Bertz CT molecular complexity index is 346. The maximum atomic E-state index is 5.40. The van der Waals surface area contributed by atoms with E-state index in [0.717, 1.165) is 30.4 Å². The van der Waals surface area contributed by atoms with Crippen LogP contribution in [0.4, 0.5) is 0 Å². The van der Waals surface area contributed by atoms with E-state index in [4.69, 9.17) is 4.74 Å². The van der Waals surface area contributed by atoms with Crippen LogP contribution in [0.2, 0.25) is 0 Å². The first-order valence-corrected chi connectivity index (χ1v) is 5.86. The molecule has 1 atom stereocenters. The maximum Gasteiger partial charge on any atom is 0.102 e. The Morgan fingerprint density at radius 2 is 2.31 bits per heavy atom. The quantitative estimate of drug-likeness (QED) is 0.786. The summed E-state index contributed by atoms with van der Waals surface area (Å²) in [6.07, 6.45) is 2.70. The second-order valence-electron chi connectivity index (χ2n) is 4.46. The molecular formula is C11H20N4O. The van der Waals surface area contributed by atoms with Crippen LogP contribution in [-0.2, 0) is 17.8 Å². The van der Waals surface area contributed by atoms with Gasteiger partial charge in [-0.25, -0.2) is 4.68 Å².